The van der Waals surface area contributed by atoms with Gasteiger partial charge < -0.3 is 10.5 Å². The summed E-state index contributed by atoms with van der Waals surface area (Å²) in [6, 6.07) is 0. The van der Waals surface area contributed by atoms with Crippen molar-refractivity contribution in [1.29, 1.82) is 0 Å². The Labute approximate surface area is 101 Å². The van der Waals surface area contributed by atoms with Crippen LogP contribution in [0.4, 0.5) is 0 Å². The van der Waals surface area contributed by atoms with E-state index in [1.807, 2.05) is 0 Å². The van der Waals surface area contributed by atoms with Crippen LogP contribution in [0.2, 0.25) is 0 Å². The van der Waals surface area contributed by atoms with Crippen molar-refractivity contribution in [2.75, 3.05) is 13.2 Å². The van der Waals surface area contributed by atoms with Gasteiger partial charge >= 0.3 is 0 Å². The molecule has 0 aromatic carbocycles. The molecule has 1 aliphatic rings. The van der Waals surface area contributed by atoms with E-state index in [1.54, 1.807) is 0 Å². The first kappa shape index (κ1) is 14.0. The molecular formula is C14H29NO. The molecule has 0 aliphatic heterocycles. The molecule has 96 valence electrons. The van der Waals surface area contributed by atoms with Crippen LogP contribution in [0, 0.1) is 11.3 Å². The summed E-state index contributed by atoms with van der Waals surface area (Å²) < 4.78 is 5.95. The van der Waals surface area contributed by atoms with Crippen LogP contribution in [0.5, 0.6) is 0 Å². The van der Waals surface area contributed by atoms with E-state index in [9.17, 15) is 0 Å². The molecule has 0 radical (unpaired) electrons. The number of rotatable bonds is 6. The second-order valence-electron chi connectivity index (χ2n) is 6.24. The monoisotopic (exact) mass is 227 g/mol. The first-order valence-electron chi connectivity index (χ1n) is 6.85. The number of hydrogen-bond donors (Lipinski definition) is 1. The Hall–Kier alpha value is -0.0800. The lowest BCUT2D eigenvalue weighted by atomic mass is 9.88. The van der Waals surface area contributed by atoms with Gasteiger partial charge in [-0.1, -0.05) is 33.6 Å². The largest absolute Gasteiger partial charge is 0.378 e. The van der Waals surface area contributed by atoms with Crippen LogP contribution in [0.15, 0.2) is 0 Å². The second-order valence-corrected chi connectivity index (χ2v) is 6.24. The van der Waals surface area contributed by atoms with E-state index in [0.717, 1.165) is 25.5 Å². The molecule has 1 fully saturated rings. The molecule has 2 atom stereocenters. The highest BCUT2D eigenvalue weighted by molar-refractivity contribution is 4.71. The Morgan fingerprint density at radius 2 is 2.06 bits per heavy atom. The summed E-state index contributed by atoms with van der Waals surface area (Å²) in [7, 11) is 0. The third-order valence-corrected chi connectivity index (χ3v) is 3.79. The molecule has 0 bridgehead atoms. The van der Waals surface area contributed by atoms with Crippen molar-refractivity contribution in [3.63, 3.8) is 0 Å². The van der Waals surface area contributed by atoms with Gasteiger partial charge in [-0.2, -0.15) is 0 Å². The zero-order chi connectivity index (χ0) is 12.0. The van der Waals surface area contributed by atoms with E-state index >= 15 is 0 Å². The van der Waals surface area contributed by atoms with Gasteiger partial charge in [-0.3, -0.25) is 0 Å². The van der Waals surface area contributed by atoms with Crippen molar-refractivity contribution in [3.05, 3.63) is 0 Å². The lowest BCUT2D eigenvalue weighted by molar-refractivity contribution is 0.0110. The van der Waals surface area contributed by atoms with Crippen LogP contribution in [0.3, 0.4) is 0 Å². The van der Waals surface area contributed by atoms with Crippen LogP contribution in [0.1, 0.15) is 59.3 Å². The van der Waals surface area contributed by atoms with E-state index in [1.165, 1.54) is 32.1 Å². The maximum atomic E-state index is 5.95. The fourth-order valence-electron chi connectivity index (χ4n) is 2.43. The van der Waals surface area contributed by atoms with Crippen LogP contribution < -0.4 is 5.73 Å². The van der Waals surface area contributed by atoms with E-state index in [2.05, 4.69) is 20.8 Å². The summed E-state index contributed by atoms with van der Waals surface area (Å²) in [6.07, 6.45) is 8.12. The number of ether oxygens (including phenoxy) is 1. The summed E-state index contributed by atoms with van der Waals surface area (Å²) in [6.45, 7) is 8.49. The van der Waals surface area contributed by atoms with Crippen molar-refractivity contribution < 1.29 is 4.74 Å². The van der Waals surface area contributed by atoms with Crippen LogP contribution in [-0.4, -0.2) is 19.3 Å². The Morgan fingerprint density at radius 1 is 1.31 bits per heavy atom. The molecule has 16 heavy (non-hydrogen) atoms. The third-order valence-electron chi connectivity index (χ3n) is 3.79. The van der Waals surface area contributed by atoms with Crippen LogP contribution in [-0.2, 0) is 4.74 Å². The normalized spacial score (nSPS) is 27.0. The van der Waals surface area contributed by atoms with E-state index < -0.39 is 0 Å². The van der Waals surface area contributed by atoms with Crippen molar-refractivity contribution in [1.82, 2.24) is 0 Å². The number of nitrogens with two attached hydrogens (primary N) is 1. The first-order chi connectivity index (χ1) is 7.53. The highest BCUT2D eigenvalue weighted by atomic mass is 16.5. The second kappa shape index (κ2) is 6.61. The van der Waals surface area contributed by atoms with Gasteiger partial charge in [0.2, 0.25) is 0 Å². The van der Waals surface area contributed by atoms with Crippen LogP contribution >= 0.6 is 0 Å². The molecule has 2 heteroatoms. The molecule has 0 spiro atoms. The standard InChI is InChI=1S/C14H29NO/c1-12-6-4-7-13(10-12)16-9-5-8-14(2,3)11-15/h12-13H,4-11,15H2,1-3H3. The molecule has 0 heterocycles. The smallest absolute Gasteiger partial charge is 0.0577 e. The molecule has 1 saturated carbocycles. The average molecular weight is 227 g/mol. The predicted octanol–water partition coefficient (Wildman–Crippen LogP) is 3.35. The Kier molecular flexibility index (Phi) is 5.77. The van der Waals surface area contributed by atoms with Gasteiger partial charge in [0.15, 0.2) is 0 Å². The van der Waals surface area contributed by atoms with E-state index in [0.29, 0.717) is 6.10 Å². The Morgan fingerprint density at radius 3 is 2.69 bits per heavy atom. The van der Waals surface area contributed by atoms with Gasteiger partial charge in [0.05, 0.1) is 6.10 Å². The minimum Gasteiger partial charge on any atom is -0.378 e. The van der Waals surface area contributed by atoms with Crippen molar-refractivity contribution >= 4 is 0 Å². The summed E-state index contributed by atoms with van der Waals surface area (Å²) in [5.74, 6) is 0.860. The first-order valence-corrected chi connectivity index (χ1v) is 6.85. The average Bonchev–Trinajstić information content (AvgIpc) is 2.25. The Bertz CT molecular complexity index is 191. The zero-order valence-corrected chi connectivity index (χ0v) is 11.3. The molecule has 0 aromatic rings. The van der Waals surface area contributed by atoms with Gasteiger partial charge in [-0.25, -0.2) is 0 Å². The zero-order valence-electron chi connectivity index (χ0n) is 11.3. The lowest BCUT2D eigenvalue weighted by Gasteiger charge is -2.27. The molecule has 2 N–H and O–H groups in total. The van der Waals surface area contributed by atoms with Gasteiger partial charge in [0.1, 0.15) is 0 Å². The fourth-order valence-corrected chi connectivity index (χ4v) is 2.43. The maximum absolute atomic E-state index is 5.95. The maximum Gasteiger partial charge on any atom is 0.0577 e. The van der Waals surface area contributed by atoms with Gasteiger partial charge in [-0.05, 0) is 43.6 Å². The molecule has 2 unspecified atom stereocenters. The van der Waals surface area contributed by atoms with E-state index in [-0.39, 0.29) is 5.41 Å². The SMILES string of the molecule is CC1CCCC(OCCCC(C)(C)CN)C1. The van der Waals surface area contributed by atoms with Gasteiger partial charge in [0, 0.05) is 6.61 Å². The van der Waals surface area contributed by atoms with E-state index in [4.69, 9.17) is 10.5 Å². The van der Waals surface area contributed by atoms with Gasteiger partial charge in [-0.15, -0.1) is 0 Å². The number of hydrogen-bond acceptors (Lipinski definition) is 2. The molecule has 0 saturated heterocycles. The molecular weight excluding hydrogens is 198 g/mol. The van der Waals surface area contributed by atoms with Crippen molar-refractivity contribution in [2.24, 2.45) is 17.1 Å². The Balaban J connectivity index is 2.06. The van der Waals surface area contributed by atoms with Crippen LogP contribution in [0.25, 0.3) is 0 Å². The summed E-state index contributed by atoms with van der Waals surface area (Å²) >= 11 is 0. The molecule has 2 nitrogen and oxygen atoms in total. The third kappa shape index (κ3) is 5.31. The molecule has 1 aliphatic carbocycles. The van der Waals surface area contributed by atoms with Crippen molar-refractivity contribution in [2.45, 2.75) is 65.4 Å². The molecule has 0 amide bonds. The van der Waals surface area contributed by atoms with Crippen molar-refractivity contribution in [3.8, 4) is 0 Å². The summed E-state index contributed by atoms with van der Waals surface area (Å²) in [5, 5.41) is 0. The topological polar surface area (TPSA) is 35.2 Å². The molecule has 0 aromatic heterocycles. The fraction of sp³-hybridized carbons (Fsp3) is 1.00. The quantitative estimate of drug-likeness (QED) is 0.706. The predicted molar refractivity (Wildman–Crippen MR) is 69.4 cm³/mol. The lowest BCUT2D eigenvalue weighted by Crippen LogP contribution is -2.25. The molecule has 1 rings (SSSR count). The highest BCUT2D eigenvalue weighted by Gasteiger charge is 2.20. The summed E-state index contributed by atoms with van der Waals surface area (Å²) in [5.41, 5.74) is 5.99. The highest BCUT2D eigenvalue weighted by Crippen LogP contribution is 2.26. The minimum atomic E-state index is 0.281. The summed E-state index contributed by atoms with van der Waals surface area (Å²) in [4.78, 5) is 0. The minimum absolute atomic E-state index is 0.281. The van der Waals surface area contributed by atoms with Gasteiger partial charge in [0.25, 0.3) is 0 Å².